The van der Waals surface area contributed by atoms with Gasteiger partial charge in [-0.2, -0.15) is 4.98 Å². The Labute approximate surface area is 190 Å². The lowest BCUT2D eigenvalue weighted by molar-refractivity contribution is -0.123. The molecule has 0 bridgehead atoms. The minimum absolute atomic E-state index is 0. The first-order chi connectivity index (χ1) is 14.5. The summed E-state index contributed by atoms with van der Waals surface area (Å²) in [7, 11) is 0. The third kappa shape index (κ3) is 3.80. The van der Waals surface area contributed by atoms with E-state index in [9.17, 15) is 4.79 Å². The fraction of sp³-hybridized carbons (Fsp3) is 0.227. The van der Waals surface area contributed by atoms with E-state index in [2.05, 4.69) is 15.5 Å². The summed E-state index contributed by atoms with van der Waals surface area (Å²) in [5, 5.41) is 8.46. The van der Waals surface area contributed by atoms with Crippen LogP contribution in [0, 0.1) is 6.92 Å². The van der Waals surface area contributed by atoms with E-state index >= 15 is 0 Å². The summed E-state index contributed by atoms with van der Waals surface area (Å²) in [5.41, 5.74) is 8.78. The SMILES string of the molecule is Cc1nc(-c2c(Cl)c3ccccc3n2-c2ccc(CNC(=O)C3(N)CC3)cc2)no1.Cl. The molecule has 4 aromatic rings. The Balaban J connectivity index is 0.00000231. The molecule has 31 heavy (non-hydrogen) atoms. The molecular weight excluding hydrogens is 437 g/mol. The van der Waals surface area contributed by atoms with Gasteiger partial charge in [-0.05, 0) is 36.6 Å². The van der Waals surface area contributed by atoms with Gasteiger partial charge in [-0.3, -0.25) is 4.79 Å². The molecule has 2 heterocycles. The first-order valence-corrected chi connectivity index (χ1v) is 10.1. The molecule has 0 aliphatic heterocycles. The average molecular weight is 458 g/mol. The van der Waals surface area contributed by atoms with Gasteiger partial charge in [0.2, 0.25) is 17.6 Å². The quantitative estimate of drug-likeness (QED) is 0.468. The van der Waals surface area contributed by atoms with Gasteiger partial charge in [-0.1, -0.05) is 47.1 Å². The third-order valence-electron chi connectivity index (χ3n) is 5.44. The van der Waals surface area contributed by atoms with Crippen molar-refractivity contribution in [3.8, 4) is 17.2 Å². The van der Waals surface area contributed by atoms with Crippen molar-refractivity contribution in [2.24, 2.45) is 5.73 Å². The molecule has 7 nitrogen and oxygen atoms in total. The summed E-state index contributed by atoms with van der Waals surface area (Å²) in [6.07, 6.45) is 1.50. The van der Waals surface area contributed by atoms with Gasteiger partial charge in [0.15, 0.2) is 0 Å². The number of fused-ring (bicyclic) bond motifs is 1. The van der Waals surface area contributed by atoms with Crippen LogP contribution in [-0.4, -0.2) is 26.2 Å². The third-order valence-corrected chi connectivity index (χ3v) is 5.82. The molecule has 5 rings (SSSR count). The number of aromatic nitrogens is 3. The molecule has 0 saturated heterocycles. The highest BCUT2D eigenvalue weighted by atomic mass is 35.5. The average Bonchev–Trinajstić information content (AvgIpc) is 3.26. The van der Waals surface area contributed by atoms with Gasteiger partial charge >= 0.3 is 0 Å². The van der Waals surface area contributed by atoms with Crippen LogP contribution in [0.5, 0.6) is 0 Å². The first kappa shape index (κ1) is 21.4. The van der Waals surface area contributed by atoms with Gasteiger partial charge in [0.25, 0.3) is 0 Å². The second kappa shape index (κ2) is 8.00. The monoisotopic (exact) mass is 457 g/mol. The zero-order chi connectivity index (χ0) is 20.9. The van der Waals surface area contributed by atoms with Crippen molar-refractivity contribution < 1.29 is 9.32 Å². The molecule has 1 fully saturated rings. The number of nitrogens with two attached hydrogens (primary N) is 1. The molecule has 1 aliphatic rings. The fourth-order valence-electron chi connectivity index (χ4n) is 3.55. The van der Waals surface area contributed by atoms with Crippen molar-refractivity contribution in [3.05, 3.63) is 65.0 Å². The minimum atomic E-state index is -0.668. The predicted molar refractivity (Wildman–Crippen MR) is 122 cm³/mol. The van der Waals surface area contributed by atoms with Gasteiger partial charge in [0.05, 0.1) is 16.1 Å². The zero-order valence-electron chi connectivity index (χ0n) is 16.8. The summed E-state index contributed by atoms with van der Waals surface area (Å²) < 4.78 is 7.20. The molecule has 1 saturated carbocycles. The van der Waals surface area contributed by atoms with E-state index in [0.29, 0.717) is 29.0 Å². The Hall–Kier alpha value is -2.87. The maximum absolute atomic E-state index is 12.1. The fourth-order valence-corrected chi connectivity index (χ4v) is 3.87. The number of carbonyl (C=O) groups excluding carboxylic acids is 1. The number of para-hydroxylation sites is 1. The van der Waals surface area contributed by atoms with Crippen molar-refractivity contribution in [1.29, 1.82) is 0 Å². The van der Waals surface area contributed by atoms with E-state index in [4.69, 9.17) is 21.9 Å². The van der Waals surface area contributed by atoms with Crippen LogP contribution < -0.4 is 11.1 Å². The van der Waals surface area contributed by atoms with E-state index in [0.717, 1.165) is 35.0 Å². The van der Waals surface area contributed by atoms with E-state index < -0.39 is 5.54 Å². The van der Waals surface area contributed by atoms with Crippen LogP contribution in [0.25, 0.3) is 28.1 Å². The van der Waals surface area contributed by atoms with Crippen LogP contribution in [0.4, 0.5) is 0 Å². The number of nitrogens with zero attached hydrogens (tertiary/aromatic N) is 3. The second-order valence-electron chi connectivity index (χ2n) is 7.66. The number of amides is 1. The van der Waals surface area contributed by atoms with E-state index in [1.165, 1.54) is 0 Å². The highest BCUT2D eigenvalue weighted by molar-refractivity contribution is 6.38. The van der Waals surface area contributed by atoms with Crippen LogP contribution in [0.15, 0.2) is 53.1 Å². The summed E-state index contributed by atoms with van der Waals surface area (Å²) >= 11 is 6.72. The Bertz CT molecular complexity index is 1260. The highest BCUT2D eigenvalue weighted by Crippen LogP contribution is 2.38. The number of halogens is 2. The van der Waals surface area contributed by atoms with E-state index in [1.54, 1.807) is 6.92 Å². The molecule has 3 N–H and O–H groups in total. The molecule has 2 aromatic heterocycles. The molecule has 160 valence electrons. The Kier molecular flexibility index (Phi) is 5.51. The zero-order valence-corrected chi connectivity index (χ0v) is 18.3. The summed E-state index contributed by atoms with van der Waals surface area (Å²) in [6, 6.07) is 15.8. The Morgan fingerprint density at radius 2 is 1.94 bits per heavy atom. The van der Waals surface area contributed by atoms with Crippen molar-refractivity contribution in [2.75, 3.05) is 0 Å². The van der Waals surface area contributed by atoms with Gasteiger partial charge in [-0.25, -0.2) is 0 Å². The van der Waals surface area contributed by atoms with Gasteiger partial charge in [-0.15, -0.1) is 12.4 Å². The predicted octanol–water partition coefficient (Wildman–Crippen LogP) is 4.17. The first-order valence-electron chi connectivity index (χ1n) is 9.72. The smallest absolute Gasteiger partial charge is 0.240 e. The Morgan fingerprint density at radius 3 is 2.58 bits per heavy atom. The lowest BCUT2D eigenvalue weighted by Crippen LogP contribution is -2.42. The molecule has 0 spiro atoms. The molecular formula is C22H21Cl2N5O2. The van der Waals surface area contributed by atoms with Crippen molar-refractivity contribution >= 4 is 40.8 Å². The van der Waals surface area contributed by atoms with E-state index in [1.807, 2.05) is 53.1 Å². The summed E-state index contributed by atoms with van der Waals surface area (Å²) in [5.74, 6) is 0.810. The number of aryl methyl sites for hydroxylation is 1. The van der Waals surface area contributed by atoms with Gasteiger partial charge in [0, 0.05) is 24.5 Å². The number of carbonyl (C=O) groups is 1. The second-order valence-corrected chi connectivity index (χ2v) is 8.04. The normalized spacial score (nSPS) is 14.3. The molecule has 0 atom stereocenters. The number of rotatable bonds is 5. The minimum Gasteiger partial charge on any atom is -0.350 e. The topological polar surface area (TPSA) is 99.0 Å². The maximum atomic E-state index is 12.1. The van der Waals surface area contributed by atoms with Crippen LogP contribution in [-0.2, 0) is 11.3 Å². The highest BCUT2D eigenvalue weighted by Gasteiger charge is 2.45. The largest absolute Gasteiger partial charge is 0.350 e. The standard InChI is InChI=1S/C22H20ClN5O2.ClH/c1-13-26-20(27-30-13)19-18(23)16-4-2-3-5-17(16)28(19)15-8-6-14(7-9-15)12-25-21(29)22(24)10-11-22;/h2-9H,10-12,24H2,1H3,(H,25,29);1H. The number of benzene rings is 2. The molecule has 9 heteroatoms. The number of hydrogen-bond donors (Lipinski definition) is 2. The molecule has 1 amide bonds. The van der Waals surface area contributed by atoms with Crippen LogP contribution >= 0.6 is 24.0 Å². The lowest BCUT2D eigenvalue weighted by Gasteiger charge is -2.12. The Morgan fingerprint density at radius 1 is 1.23 bits per heavy atom. The lowest BCUT2D eigenvalue weighted by atomic mass is 10.2. The molecule has 0 unspecified atom stereocenters. The number of hydrogen-bond acceptors (Lipinski definition) is 5. The summed E-state index contributed by atoms with van der Waals surface area (Å²) in [4.78, 5) is 16.4. The van der Waals surface area contributed by atoms with E-state index in [-0.39, 0.29) is 18.3 Å². The van der Waals surface area contributed by atoms with Gasteiger partial charge in [0.1, 0.15) is 5.69 Å². The molecule has 1 aliphatic carbocycles. The molecule has 2 aromatic carbocycles. The van der Waals surface area contributed by atoms with Crippen LogP contribution in [0.2, 0.25) is 5.02 Å². The van der Waals surface area contributed by atoms with Crippen molar-refractivity contribution in [3.63, 3.8) is 0 Å². The number of nitrogens with one attached hydrogen (secondary N) is 1. The van der Waals surface area contributed by atoms with Gasteiger partial charge < -0.3 is 20.1 Å². The maximum Gasteiger partial charge on any atom is 0.240 e. The van der Waals surface area contributed by atoms with Crippen LogP contribution in [0.1, 0.15) is 24.3 Å². The van der Waals surface area contributed by atoms with Crippen molar-refractivity contribution in [2.45, 2.75) is 31.8 Å². The van der Waals surface area contributed by atoms with Crippen LogP contribution in [0.3, 0.4) is 0 Å². The molecule has 0 radical (unpaired) electrons. The van der Waals surface area contributed by atoms with Crippen molar-refractivity contribution in [1.82, 2.24) is 20.0 Å². The summed E-state index contributed by atoms with van der Waals surface area (Å²) in [6.45, 7) is 2.18.